The molecule has 0 radical (unpaired) electrons. The van der Waals surface area contributed by atoms with Gasteiger partial charge >= 0.3 is 0 Å². The third-order valence-electron chi connectivity index (χ3n) is 3.97. The Morgan fingerprint density at radius 2 is 1.76 bits per heavy atom. The van der Waals surface area contributed by atoms with Gasteiger partial charge in [-0.2, -0.15) is 0 Å². The average molecular weight is 398 g/mol. The third kappa shape index (κ3) is 4.83. The van der Waals surface area contributed by atoms with Gasteiger partial charge in [-0.05, 0) is 42.5 Å². The molecule has 0 aliphatic carbocycles. The minimum atomic E-state index is -0.546. The number of benzene rings is 2. The predicted octanol–water partition coefficient (Wildman–Crippen LogP) is 4.04. The summed E-state index contributed by atoms with van der Waals surface area (Å²) in [6.07, 6.45) is 0. The zero-order valence-corrected chi connectivity index (χ0v) is 15.7. The number of methoxy groups -OCH3 is 2. The fourth-order valence-electron chi connectivity index (χ4n) is 2.48. The van der Waals surface area contributed by atoms with Crippen LogP contribution in [0.5, 0.6) is 17.2 Å². The van der Waals surface area contributed by atoms with Crippen molar-refractivity contribution in [2.45, 2.75) is 6.61 Å². The minimum absolute atomic E-state index is 0.0683. The van der Waals surface area contributed by atoms with E-state index in [2.05, 4.69) is 5.32 Å². The zero-order chi connectivity index (χ0) is 20.8. The number of hydrogen-bond donors (Lipinski definition) is 1. The standard InChI is InChI=1S/C20H18N2O7/c1-26-14-4-6-15(7-5-14)28-12-16-8-10-18(29-16)20(23)21-17-9-3-13(22(24)25)11-19(17)27-2/h3-11H,12H2,1-2H3,(H,21,23). The molecular formula is C20H18N2O7. The van der Waals surface area contributed by atoms with Gasteiger partial charge in [0.1, 0.15) is 29.6 Å². The number of non-ortho nitro benzene ring substituents is 1. The highest BCUT2D eigenvalue weighted by molar-refractivity contribution is 6.03. The van der Waals surface area contributed by atoms with Crippen molar-refractivity contribution in [2.24, 2.45) is 0 Å². The molecule has 9 nitrogen and oxygen atoms in total. The molecule has 2 aromatic carbocycles. The number of anilines is 1. The molecule has 29 heavy (non-hydrogen) atoms. The Labute approximate surface area is 166 Å². The number of carbonyl (C=O) groups is 1. The molecule has 1 heterocycles. The Balaban J connectivity index is 1.63. The smallest absolute Gasteiger partial charge is 0.291 e. The second-order valence-corrected chi connectivity index (χ2v) is 5.83. The number of nitrogens with one attached hydrogen (secondary N) is 1. The van der Waals surface area contributed by atoms with Crippen LogP contribution < -0.4 is 19.5 Å². The first kappa shape index (κ1) is 19.7. The third-order valence-corrected chi connectivity index (χ3v) is 3.97. The van der Waals surface area contributed by atoms with Crippen LogP contribution in [0.4, 0.5) is 11.4 Å². The maximum absolute atomic E-state index is 12.4. The number of nitro benzene ring substituents is 1. The van der Waals surface area contributed by atoms with Gasteiger partial charge < -0.3 is 23.9 Å². The van der Waals surface area contributed by atoms with E-state index in [1.807, 2.05) is 0 Å². The molecule has 0 saturated carbocycles. The molecule has 0 fully saturated rings. The van der Waals surface area contributed by atoms with Crippen molar-refractivity contribution in [3.05, 3.63) is 76.2 Å². The van der Waals surface area contributed by atoms with E-state index in [1.54, 1.807) is 37.4 Å². The van der Waals surface area contributed by atoms with Gasteiger partial charge in [0.25, 0.3) is 11.6 Å². The van der Waals surface area contributed by atoms with E-state index < -0.39 is 10.8 Å². The molecule has 0 aliphatic heterocycles. The number of furan rings is 1. The van der Waals surface area contributed by atoms with Crippen LogP contribution in [0.2, 0.25) is 0 Å². The van der Waals surface area contributed by atoms with Crippen LogP contribution in [0.3, 0.4) is 0 Å². The lowest BCUT2D eigenvalue weighted by molar-refractivity contribution is -0.384. The van der Waals surface area contributed by atoms with Crippen molar-refractivity contribution in [3.63, 3.8) is 0 Å². The summed E-state index contributed by atoms with van der Waals surface area (Å²) in [5.74, 6) is 1.52. The summed E-state index contributed by atoms with van der Waals surface area (Å²) in [5.41, 5.74) is 0.145. The molecule has 1 N–H and O–H groups in total. The van der Waals surface area contributed by atoms with Gasteiger partial charge in [0.2, 0.25) is 0 Å². The van der Waals surface area contributed by atoms with Crippen molar-refractivity contribution in [2.75, 3.05) is 19.5 Å². The summed E-state index contributed by atoms with van der Waals surface area (Å²) < 4.78 is 21.3. The maximum atomic E-state index is 12.4. The van der Waals surface area contributed by atoms with Crippen LogP contribution in [-0.4, -0.2) is 25.1 Å². The lowest BCUT2D eigenvalue weighted by Gasteiger charge is -2.09. The van der Waals surface area contributed by atoms with Crippen LogP contribution in [-0.2, 0) is 6.61 Å². The summed E-state index contributed by atoms with van der Waals surface area (Å²) in [6, 6.07) is 14.1. The molecule has 0 unspecified atom stereocenters. The van der Waals surface area contributed by atoms with Crippen molar-refractivity contribution in [1.29, 1.82) is 0 Å². The first-order valence-corrected chi connectivity index (χ1v) is 8.49. The summed E-state index contributed by atoms with van der Waals surface area (Å²) in [6.45, 7) is 0.139. The minimum Gasteiger partial charge on any atom is -0.497 e. The van der Waals surface area contributed by atoms with Crippen LogP contribution in [0.15, 0.2) is 59.0 Å². The van der Waals surface area contributed by atoms with Crippen LogP contribution in [0.1, 0.15) is 16.3 Å². The molecule has 0 spiro atoms. The number of nitro groups is 1. The van der Waals surface area contributed by atoms with Gasteiger partial charge in [0, 0.05) is 6.07 Å². The molecule has 3 rings (SSSR count). The van der Waals surface area contributed by atoms with Crippen molar-refractivity contribution in [3.8, 4) is 17.2 Å². The second kappa shape index (κ2) is 8.79. The zero-order valence-electron chi connectivity index (χ0n) is 15.7. The average Bonchev–Trinajstić information content (AvgIpc) is 3.22. The highest BCUT2D eigenvalue weighted by Gasteiger charge is 2.16. The van der Waals surface area contributed by atoms with E-state index >= 15 is 0 Å². The van der Waals surface area contributed by atoms with Crippen LogP contribution >= 0.6 is 0 Å². The van der Waals surface area contributed by atoms with Gasteiger partial charge in [-0.15, -0.1) is 0 Å². The molecule has 3 aromatic rings. The van der Waals surface area contributed by atoms with Crippen molar-refractivity contribution in [1.82, 2.24) is 0 Å². The van der Waals surface area contributed by atoms with Gasteiger partial charge in [-0.25, -0.2) is 0 Å². The first-order chi connectivity index (χ1) is 14.0. The van der Waals surface area contributed by atoms with Gasteiger partial charge in [-0.1, -0.05) is 0 Å². The highest BCUT2D eigenvalue weighted by atomic mass is 16.6. The largest absolute Gasteiger partial charge is 0.497 e. The second-order valence-electron chi connectivity index (χ2n) is 5.83. The van der Waals surface area contributed by atoms with Crippen molar-refractivity contribution >= 4 is 17.3 Å². The summed E-state index contributed by atoms with van der Waals surface area (Å²) in [5, 5.41) is 13.5. The Bertz CT molecular complexity index is 1010. The van der Waals surface area contributed by atoms with E-state index in [9.17, 15) is 14.9 Å². The molecular weight excluding hydrogens is 380 g/mol. The molecule has 9 heteroatoms. The lowest BCUT2D eigenvalue weighted by Crippen LogP contribution is -2.12. The molecule has 1 aromatic heterocycles. The number of rotatable bonds is 8. The molecule has 0 aliphatic rings. The summed E-state index contributed by atoms with van der Waals surface area (Å²) in [4.78, 5) is 22.7. The van der Waals surface area contributed by atoms with E-state index in [4.69, 9.17) is 18.6 Å². The van der Waals surface area contributed by atoms with Crippen LogP contribution in [0.25, 0.3) is 0 Å². The topological polar surface area (TPSA) is 113 Å². The van der Waals surface area contributed by atoms with Crippen LogP contribution in [0, 0.1) is 10.1 Å². The SMILES string of the molecule is COc1ccc(OCc2ccc(C(=O)Nc3ccc([N+](=O)[O-])cc3OC)o2)cc1. The quantitative estimate of drug-likeness (QED) is 0.450. The Morgan fingerprint density at radius 1 is 1.03 bits per heavy atom. The van der Waals surface area contributed by atoms with E-state index in [-0.39, 0.29) is 29.5 Å². The number of nitrogens with zero attached hydrogens (tertiary/aromatic N) is 1. The van der Waals surface area contributed by atoms with E-state index in [0.717, 1.165) is 5.75 Å². The molecule has 0 atom stereocenters. The van der Waals surface area contributed by atoms with Gasteiger partial charge in [-0.3, -0.25) is 14.9 Å². The molecule has 0 bridgehead atoms. The Kier molecular flexibility index (Phi) is 5.98. The first-order valence-electron chi connectivity index (χ1n) is 8.49. The van der Waals surface area contributed by atoms with Gasteiger partial charge in [0.05, 0.1) is 30.9 Å². The summed E-state index contributed by atoms with van der Waals surface area (Å²) in [7, 11) is 2.94. The van der Waals surface area contributed by atoms with E-state index in [0.29, 0.717) is 11.5 Å². The summed E-state index contributed by atoms with van der Waals surface area (Å²) >= 11 is 0. The van der Waals surface area contributed by atoms with Crippen molar-refractivity contribution < 1.29 is 28.3 Å². The fraction of sp³-hybridized carbons (Fsp3) is 0.150. The highest BCUT2D eigenvalue weighted by Crippen LogP contribution is 2.29. The number of amides is 1. The Morgan fingerprint density at radius 3 is 2.41 bits per heavy atom. The maximum Gasteiger partial charge on any atom is 0.291 e. The lowest BCUT2D eigenvalue weighted by atomic mass is 10.2. The number of carbonyl (C=O) groups excluding carboxylic acids is 1. The van der Waals surface area contributed by atoms with E-state index in [1.165, 1.54) is 31.4 Å². The Hall–Kier alpha value is -4.01. The molecule has 1 amide bonds. The molecule has 0 saturated heterocycles. The monoisotopic (exact) mass is 398 g/mol. The number of hydrogen-bond acceptors (Lipinski definition) is 7. The number of ether oxygens (including phenoxy) is 3. The predicted molar refractivity (Wildman–Crippen MR) is 104 cm³/mol. The fourth-order valence-corrected chi connectivity index (χ4v) is 2.48. The van der Waals surface area contributed by atoms with Gasteiger partial charge in [0.15, 0.2) is 5.76 Å². The normalized spacial score (nSPS) is 10.3. The molecule has 150 valence electrons.